The number of anilines is 1. The van der Waals surface area contributed by atoms with Crippen molar-refractivity contribution in [3.63, 3.8) is 0 Å². The third-order valence-electron chi connectivity index (χ3n) is 5.02. The van der Waals surface area contributed by atoms with Gasteiger partial charge in [0.15, 0.2) is 5.96 Å². The minimum atomic E-state index is 0. The van der Waals surface area contributed by atoms with Gasteiger partial charge in [-0.2, -0.15) is 0 Å². The number of likely N-dealkylation sites (N-methyl/N-ethyl adjacent to an activating group) is 1. The number of nitrogens with zero attached hydrogens (tertiary/aromatic N) is 5. The number of piperazine rings is 1. The summed E-state index contributed by atoms with van der Waals surface area (Å²) in [6.45, 7) is 9.94. The Bertz CT molecular complexity index is 780. The third kappa shape index (κ3) is 7.07. The van der Waals surface area contributed by atoms with Gasteiger partial charge < -0.3 is 20.4 Å². The molecule has 1 saturated heterocycles. The van der Waals surface area contributed by atoms with Crippen molar-refractivity contribution in [3.8, 4) is 0 Å². The van der Waals surface area contributed by atoms with E-state index in [2.05, 4.69) is 68.4 Å². The van der Waals surface area contributed by atoms with E-state index in [0.29, 0.717) is 0 Å². The second kappa shape index (κ2) is 11.7. The normalized spacial score (nSPS) is 15.2. The molecule has 29 heavy (non-hydrogen) atoms. The number of thiazole rings is 1. The highest BCUT2D eigenvalue weighted by Gasteiger charge is 2.15. The smallest absolute Gasteiger partial charge is 0.191 e. The van der Waals surface area contributed by atoms with Crippen LogP contribution in [0.25, 0.3) is 0 Å². The standard InChI is InChI=1S/C20H31N7S.HI/c1-15-16(2)28-19(25-15)6-8-23-20(21-3)24-14-17-5-7-22-18(13-17)27-11-9-26(4)10-12-27;/h5,7,13H,6,8-12,14H2,1-4H3,(H2,21,23,24);1H. The Hall–Kier alpha value is -1.46. The first-order valence-corrected chi connectivity index (χ1v) is 10.6. The summed E-state index contributed by atoms with van der Waals surface area (Å²) in [6, 6.07) is 4.23. The molecule has 2 aromatic rings. The van der Waals surface area contributed by atoms with Crippen LogP contribution in [0.4, 0.5) is 5.82 Å². The van der Waals surface area contributed by atoms with E-state index in [-0.39, 0.29) is 24.0 Å². The highest BCUT2D eigenvalue weighted by Crippen LogP contribution is 2.16. The zero-order chi connectivity index (χ0) is 19.9. The minimum absolute atomic E-state index is 0. The van der Waals surface area contributed by atoms with E-state index >= 15 is 0 Å². The summed E-state index contributed by atoms with van der Waals surface area (Å²) in [7, 11) is 3.97. The lowest BCUT2D eigenvalue weighted by Gasteiger charge is -2.33. The number of aromatic nitrogens is 2. The van der Waals surface area contributed by atoms with E-state index in [1.54, 1.807) is 18.4 Å². The van der Waals surface area contributed by atoms with Gasteiger partial charge in [0, 0.05) is 63.8 Å². The Morgan fingerprint density at radius 2 is 1.97 bits per heavy atom. The van der Waals surface area contributed by atoms with Crippen molar-refractivity contribution < 1.29 is 0 Å². The summed E-state index contributed by atoms with van der Waals surface area (Å²) in [5.74, 6) is 1.87. The van der Waals surface area contributed by atoms with Crippen molar-refractivity contribution in [1.29, 1.82) is 0 Å². The first kappa shape index (κ1) is 23.8. The molecule has 0 atom stereocenters. The van der Waals surface area contributed by atoms with Gasteiger partial charge in [-0.05, 0) is 38.6 Å². The van der Waals surface area contributed by atoms with Crippen LogP contribution in [0.1, 0.15) is 21.1 Å². The first-order chi connectivity index (χ1) is 13.5. The summed E-state index contributed by atoms with van der Waals surface area (Å²) in [6.07, 6.45) is 2.80. The van der Waals surface area contributed by atoms with Crippen LogP contribution in [0.5, 0.6) is 0 Å². The number of rotatable bonds is 6. The Morgan fingerprint density at radius 3 is 2.62 bits per heavy atom. The van der Waals surface area contributed by atoms with Crippen molar-refractivity contribution in [1.82, 2.24) is 25.5 Å². The molecule has 0 amide bonds. The van der Waals surface area contributed by atoms with Crippen LogP contribution < -0.4 is 15.5 Å². The monoisotopic (exact) mass is 529 g/mol. The number of aryl methyl sites for hydroxylation is 2. The van der Waals surface area contributed by atoms with Crippen LogP contribution in [0.2, 0.25) is 0 Å². The molecule has 0 radical (unpaired) electrons. The summed E-state index contributed by atoms with van der Waals surface area (Å²) in [5.41, 5.74) is 2.34. The Balaban J connectivity index is 0.00000300. The van der Waals surface area contributed by atoms with Gasteiger partial charge in [-0.3, -0.25) is 4.99 Å². The molecule has 1 aliphatic heterocycles. The molecule has 0 bridgehead atoms. The number of halogens is 1. The zero-order valence-electron chi connectivity index (χ0n) is 17.7. The maximum absolute atomic E-state index is 4.59. The highest BCUT2D eigenvalue weighted by molar-refractivity contribution is 14.0. The van der Waals surface area contributed by atoms with E-state index in [0.717, 1.165) is 63.2 Å². The number of aliphatic imine (C=N–C) groups is 1. The molecular formula is C20H32IN7S. The maximum Gasteiger partial charge on any atom is 0.191 e. The molecule has 3 rings (SSSR count). The summed E-state index contributed by atoms with van der Waals surface area (Å²) < 4.78 is 0. The average molecular weight is 529 g/mol. The van der Waals surface area contributed by atoms with Gasteiger partial charge in [0.25, 0.3) is 0 Å². The SMILES string of the molecule is CN=C(NCCc1nc(C)c(C)s1)NCc1ccnc(N2CCN(C)CC2)c1.I. The molecule has 7 nitrogen and oxygen atoms in total. The average Bonchev–Trinajstić information content (AvgIpc) is 3.02. The Labute approximate surface area is 195 Å². The predicted octanol–water partition coefficient (Wildman–Crippen LogP) is 2.43. The van der Waals surface area contributed by atoms with Crippen molar-refractivity contribution in [3.05, 3.63) is 39.5 Å². The van der Waals surface area contributed by atoms with E-state index < -0.39 is 0 Å². The number of hydrogen-bond donors (Lipinski definition) is 2. The molecule has 0 unspecified atom stereocenters. The quantitative estimate of drug-likeness (QED) is 0.341. The Kier molecular flexibility index (Phi) is 9.57. The number of nitrogens with one attached hydrogen (secondary N) is 2. The van der Waals surface area contributed by atoms with E-state index in [4.69, 9.17) is 0 Å². The third-order valence-corrected chi connectivity index (χ3v) is 6.16. The molecule has 3 heterocycles. The number of hydrogen-bond acceptors (Lipinski definition) is 6. The molecule has 2 aromatic heterocycles. The lowest BCUT2D eigenvalue weighted by Crippen LogP contribution is -2.44. The van der Waals surface area contributed by atoms with Crippen LogP contribution in [-0.2, 0) is 13.0 Å². The Morgan fingerprint density at radius 1 is 1.21 bits per heavy atom. The fourth-order valence-corrected chi connectivity index (χ4v) is 4.05. The van der Waals surface area contributed by atoms with Gasteiger partial charge in [0.2, 0.25) is 0 Å². The molecule has 2 N–H and O–H groups in total. The van der Waals surface area contributed by atoms with Crippen LogP contribution in [0.3, 0.4) is 0 Å². The molecule has 0 spiro atoms. The van der Waals surface area contributed by atoms with Crippen molar-refractivity contribution >= 4 is 47.1 Å². The molecule has 0 aromatic carbocycles. The lowest BCUT2D eigenvalue weighted by molar-refractivity contribution is 0.312. The fourth-order valence-electron chi connectivity index (χ4n) is 3.12. The van der Waals surface area contributed by atoms with Gasteiger partial charge in [-0.25, -0.2) is 9.97 Å². The van der Waals surface area contributed by atoms with Gasteiger partial charge in [0.05, 0.1) is 10.7 Å². The molecule has 160 valence electrons. The van der Waals surface area contributed by atoms with Gasteiger partial charge >= 0.3 is 0 Å². The van der Waals surface area contributed by atoms with Crippen LogP contribution >= 0.6 is 35.3 Å². The summed E-state index contributed by atoms with van der Waals surface area (Å²) in [4.78, 5) is 19.5. The molecule has 0 saturated carbocycles. The largest absolute Gasteiger partial charge is 0.356 e. The molecule has 0 aliphatic carbocycles. The van der Waals surface area contributed by atoms with E-state index in [1.165, 1.54) is 15.4 Å². The minimum Gasteiger partial charge on any atom is -0.356 e. The highest BCUT2D eigenvalue weighted by atomic mass is 127. The van der Waals surface area contributed by atoms with Gasteiger partial charge in [0.1, 0.15) is 5.82 Å². The topological polar surface area (TPSA) is 68.7 Å². The molecule has 9 heteroatoms. The summed E-state index contributed by atoms with van der Waals surface area (Å²) in [5, 5.41) is 7.94. The fraction of sp³-hybridized carbons (Fsp3) is 0.550. The van der Waals surface area contributed by atoms with Crippen molar-refractivity contribution in [2.45, 2.75) is 26.8 Å². The number of pyridine rings is 1. The lowest BCUT2D eigenvalue weighted by atomic mass is 10.2. The van der Waals surface area contributed by atoms with Crippen molar-refractivity contribution in [2.75, 3.05) is 51.7 Å². The number of guanidine groups is 1. The predicted molar refractivity (Wildman–Crippen MR) is 133 cm³/mol. The maximum atomic E-state index is 4.59. The molecule has 1 aliphatic rings. The zero-order valence-corrected chi connectivity index (χ0v) is 20.9. The molecule has 1 fully saturated rings. The van der Waals surface area contributed by atoms with E-state index in [1.807, 2.05) is 6.20 Å². The van der Waals surface area contributed by atoms with E-state index in [9.17, 15) is 0 Å². The van der Waals surface area contributed by atoms with Gasteiger partial charge in [-0.1, -0.05) is 0 Å². The van der Waals surface area contributed by atoms with Crippen LogP contribution in [-0.4, -0.2) is 67.6 Å². The first-order valence-electron chi connectivity index (χ1n) is 9.81. The second-order valence-corrected chi connectivity index (χ2v) is 8.45. The second-order valence-electron chi connectivity index (χ2n) is 7.16. The van der Waals surface area contributed by atoms with Gasteiger partial charge in [-0.15, -0.1) is 35.3 Å². The van der Waals surface area contributed by atoms with Crippen LogP contribution in [0, 0.1) is 13.8 Å². The van der Waals surface area contributed by atoms with Crippen molar-refractivity contribution in [2.24, 2.45) is 4.99 Å². The summed E-state index contributed by atoms with van der Waals surface area (Å²) >= 11 is 1.77. The van der Waals surface area contributed by atoms with Crippen LogP contribution in [0.15, 0.2) is 23.3 Å². The molecular weight excluding hydrogens is 497 g/mol.